The molecule has 18 heavy (non-hydrogen) atoms. The summed E-state index contributed by atoms with van der Waals surface area (Å²) in [5.41, 5.74) is 0.643. The predicted octanol–water partition coefficient (Wildman–Crippen LogP) is 2.37. The van der Waals surface area contributed by atoms with Crippen molar-refractivity contribution in [1.29, 1.82) is 0 Å². The topological polar surface area (TPSA) is 40.5 Å². The van der Waals surface area contributed by atoms with Crippen LogP contribution >= 0.6 is 11.6 Å². The SMILES string of the molecule is O=C(CN(CCO)C1CCC1)c1cccc(Cl)c1. The van der Waals surface area contributed by atoms with Crippen LogP contribution in [0.3, 0.4) is 0 Å². The summed E-state index contributed by atoms with van der Waals surface area (Å²) in [6.07, 6.45) is 3.48. The van der Waals surface area contributed by atoms with Crippen molar-refractivity contribution in [2.75, 3.05) is 19.7 Å². The maximum atomic E-state index is 12.1. The molecular weight excluding hydrogens is 250 g/mol. The highest BCUT2D eigenvalue weighted by Gasteiger charge is 2.26. The molecule has 2 rings (SSSR count). The van der Waals surface area contributed by atoms with Crippen molar-refractivity contribution in [2.45, 2.75) is 25.3 Å². The lowest BCUT2D eigenvalue weighted by molar-refractivity contribution is 0.0747. The number of rotatable bonds is 6. The molecule has 1 aromatic rings. The van der Waals surface area contributed by atoms with Crippen molar-refractivity contribution in [3.8, 4) is 0 Å². The summed E-state index contributed by atoms with van der Waals surface area (Å²) in [4.78, 5) is 14.2. The molecule has 0 spiro atoms. The van der Waals surface area contributed by atoms with Gasteiger partial charge in [0.1, 0.15) is 0 Å². The van der Waals surface area contributed by atoms with E-state index in [-0.39, 0.29) is 12.4 Å². The summed E-state index contributed by atoms with van der Waals surface area (Å²) in [5.74, 6) is 0.0675. The fraction of sp³-hybridized carbons (Fsp3) is 0.500. The molecule has 0 amide bonds. The van der Waals surface area contributed by atoms with E-state index in [1.165, 1.54) is 6.42 Å². The second kappa shape index (κ2) is 6.32. The van der Waals surface area contributed by atoms with Gasteiger partial charge in [-0.25, -0.2) is 0 Å². The van der Waals surface area contributed by atoms with Gasteiger partial charge in [0.05, 0.1) is 13.2 Å². The maximum Gasteiger partial charge on any atom is 0.176 e. The van der Waals surface area contributed by atoms with Gasteiger partial charge in [-0.05, 0) is 25.0 Å². The smallest absolute Gasteiger partial charge is 0.176 e. The van der Waals surface area contributed by atoms with Gasteiger partial charge < -0.3 is 5.11 Å². The van der Waals surface area contributed by atoms with Gasteiger partial charge in [-0.1, -0.05) is 30.2 Å². The highest BCUT2D eigenvalue weighted by atomic mass is 35.5. The number of hydrogen-bond donors (Lipinski definition) is 1. The third kappa shape index (κ3) is 3.31. The molecule has 98 valence electrons. The Hall–Kier alpha value is -0.900. The zero-order valence-electron chi connectivity index (χ0n) is 10.3. The first-order valence-electron chi connectivity index (χ1n) is 6.34. The molecule has 0 radical (unpaired) electrons. The molecule has 0 unspecified atom stereocenters. The van der Waals surface area contributed by atoms with Crippen molar-refractivity contribution in [2.24, 2.45) is 0 Å². The van der Waals surface area contributed by atoms with Crippen LogP contribution in [0.2, 0.25) is 5.02 Å². The normalized spacial score (nSPS) is 15.7. The lowest BCUT2D eigenvalue weighted by Gasteiger charge is -2.36. The zero-order chi connectivity index (χ0) is 13.0. The van der Waals surface area contributed by atoms with E-state index in [1.54, 1.807) is 24.3 Å². The number of nitrogens with zero attached hydrogens (tertiary/aromatic N) is 1. The number of halogens is 1. The standard InChI is InChI=1S/C14H18ClNO2/c15-12-4-1-3-11(9-12)14(18)10-16(7-8-17)13-5-2-6-13/h1,3-4,9,13,17H,2,5-8,10H2. The van der Waals surface area contributed by atoms with Crippen LogP contribution in [0.25, 0.3) is 0 Å². The number of aliphatic hydroxyl groups is 1. The minimum Gasteiger partial charge on any atom is -0.395 e. The van der Waals surface area contributed by atoms with E-state index >= 15 is 0 Å². The monoisotopic (exact) mass is 267 g/mol. The lowest BCUT2D eigenvalue weighted by atomic mass is 9.91. The van der Waals surface area contributed by atoms with E-state index in [0.717, 1.165) is 12.8 Å². The van der Waals surface area contributed by atoms with Crippen LogP contribution in [0.5, 0.6) is 0 Å². The molecule has 0 atom stereocenters. The first-order chi connectivity index (χ1) is 8.70. The third-order valence-electron chi connectivity index (χ3n) is 3.47. The van der Waals surface area contributed by atoms with Crippen molar-refractivity contribution in [3.63, 3.8) is 0 Å². The highest BCUT2D eigenvalue weighted by molar-refractivity contribution is 6.31. The van der Waals surface area contributed by atoms with Crippen molar-refractivity contribution < 1.29 is 9.90 Å². The Morgan fingerprint density at radius 1 is 1.44 bits per heavy atom. The minimum atomic E-state index is 0.0675. The number of hydrogen-bond acceptors (Lipinski definition) is 3. The number of carbonyl (C=O) groups is 1. The quantitative estimate of drug-likeness (QED) is 0.805. The van der Waals surface area contributed by atoms with E-state index in [1.807, 2.05) is 0 Å². The summed E-state index contributed by atoms with van der Waals surface area (Å²) < 4.78 is 0. The molecule has 0 saturated heterocycles. The fourth-order valence-corrected chi connectivity index (χ4v) is 2.40. The van der Waals surface area contributed by atoms with Crippen molar-refractivity contribution >= 4 is 17.4 Å². The lowest BCUT2D eigenvalue weighted by Crippen LogP contribution is -2.44. The van der Waals surface area contributed by atoms with Gasteiger partial charge in [-0.3, -0.25) is 9.69 Å². The van der Waals surface area contributed by atoms with Crippen LogP contribution in [0.15, 0.2) is 24.3 Å². The van der Waals surface area contributed by atoms with Crippen molar-refractivity contribution in [1.82, 2.24) is 4.90 Å². The number of carbonyl (C=O) groups excluding carboxylic acids is 1. The Balaban J connectivity index is 1.99. The molecule has 1 saturated carbocycles. The molecule has 1 fully saturated rings. The average molecular weight is 268 g/mol. The second-order valence-electron chi connectivity index (χ2n) is 4.71. The van der Waals surface area contributed by atoms with Gasteiger partial charge >= 0.3 is 0 Å². The van der Waals surface area contributed by atoms with E-state index in [9.17, 15) is 4.79 Å². The predicted molar refractivity (Wildman–Crippen MR) is 72.1 cm³/mol. The van der Waals surface area contributed by atoms with E-state index in [2.05, 4.69) is 4.90 Å². The summed E-state index contributed by atoms with van der Waals surface area (Å²) in [6.45, 7) is 1.03. The summed E-state index contributed by atoms with van der Waals surface area (Å²) in [7, 11) is 0. The van der Waals surface area contributed by atoms with Gasteiger partial charge in [0.15, 0.2) is 5.78 Å². The van der Waals surface area contributed by atoms with E-state index < -0.39 is 0 Å². The van der Waals surface area contributed by atoms with Crippen LogP contribution in [0.4, 0.5) is 0 Å². The highest BCUT2D eigenvalue weighted by Crippen LogP contribution is 2.24. The number of ketones is 1. The number of benzene rings is 1. The largest absolute Gasteiger partial charge is 0.395 e. The number of aliphatic hydroxyl groups excluding tert-OH is 1. The molecule has 3 nitrogen and oxygen atoms in total. The Kier molecular flexibility index (Phi) is 4.75. The summed E-state index contributed by atoms with van der Waals surface area (Å²) >= 11 is 5.88. The minimum absolute atomic E-state index is 0.0675. The Morgan fingerprint density at radius 3 is 2.78 bits per heavy atom. The molecule has 1 aliphatic rings. The van der Waals surface area contributed by atoms with Gasteiger partial charge in [0.2, 0.25) is 0 Å². The molecule has 1 aromatic carbocycles. The molecule has 0 aromatic heterocycles. The van der Waals surface area contributed by atoms with Crippen LogP contribution in [0, 0.1) is 0 Å². The van der Waals surface area contributed by atoms with Gasteiger partial charge in [-0.15, -0.1) is 0 Å². The molecular formula is C14H18ClNO2. The van der Waals surface area contributed by atoms with Gasteiger partial charge in [-0.2, -0.15) is 0 Å². The summed E-state index contributed by atoms with van der Waals surface area (Å²) in [6, 6.07) is 7.49. The average Bonchev–Trinajstić information content (AvgIpc) is 2.27. The van der Waals surface area contributed by atoms with Crippen LogP contribution in [-0.2, 0) is 0 Å². The molecule has 0 bridgehead atoms. The van der Waals surface area contributed by atoms with Gasteiger partial charge in [0.25, 0.3) is 0 Å². The maximum absolute atomic E-state index is 12.1. The fourth-order valence-electron chi connectivity index (χ4n) is 2.21. The third-order valence-corrected chi connectivity index (χ3v) is 3.71. The Morgan fingerprint density at radius 2 is 2.22 bits per heavy atom. The molecule has 4 heteroatoms. The Bertz CT molecular complexity index is 418. The molecule has 0 aliphatic heterocycles. The first-order valence-corrected chi connectivity index (χ1v) is 6.72. The molecule has 0 heterocycles. The molecule has 1 N–H and O–H groups in total. The van der Waals surface area contributed by atoms with E-state index in [4.69, 9.17) is 16.7 Å². The zero-order valence-corrected chi connectivity index (χ0v) is 11.1. The van der Waals surface area contributed by atoms with Gasteiger partial charge in [0, 0.05) is 23.2 Å². The second-order valence-corrected chi connectivity index (χ2v) is 5.15. The van der Waals surface area contributed by atoms with Crippen LogP contribution < -0.4 is 0 Å². The molecule has 1 aliphatic carbocycles. The Labute approximate surface area is 112 Å². The first kappa shape index (κ1) is 13.5. The number of Topliss-reactive ketones (excluding diaryl/α,β-unsaturated/α-hetero) is 1. The van der Waals surface area contributed by atoms with Crippen molar-refractivity contribution in [3.05, 3.63) is 34.9 Å². The van der Waals surface area contributed by atoms with Crippen LogP contribution in [0.1, 0.15) is 29.6 Å². The van der Waals surface area contributed by atoms with Crippen LogP contribution in [-0.4, -0.2) is 41.5 Å². The summed E-state index contributed by atoms with van der Waals surface area (Å²) in [5, 5.41) is 9.64. The van der Waals surface area contributed by atoms with E-state index in [0.29, 0.717) is 29.7 Å².